The van der Waals surface area contributed by atoms with Crippen LogP contribution in [0.15, 0.2) is 171 Å². The minimum absolute atomic E-state index is 0.519. The van der Waals surface area contributed by atoms with Gasteiger partial charge in [-0.3, -0.25) is 14.9 Å². The van der Waals surface area contributed by atoms with Crippen LogP contribution in [0.5, 0.6) is 0 Å². The summed E-state index contributed by atoms with van der Waals surface area (Å²) in [6, 6.07) is 46.1. The van der Waals surface area contributed by atoms with Gasteiger partial charge in [0.1, 0.15) is 11.3 Å². The van der Waals surface area contributed by atoms with Gasteiger partial charge in [-0.25, -0.2) is 4.98 Å². The average molecular weight is 638 g/mol. The van der Waals surface area contributed by atoms with Gasteiger partial charge in [0.25, 0.3) is 0 Å². The predicted octanol–water partition coefficient (Wildman–Crippen LogP) is 8.57. The molecule has 5 heterocycles. The molecule has 4 aromatic heterocycles. The first-order valence-electron chi connectivity index (χ1n) is 15.8. The lowest BCUT2D eigenvalue weighted by Gasteiger charge is -2.27. The van der Waals surface area contributed by atoms with Crippen molar-refractivity contribution in [1.29, 1.82) is 0 Å². The summed E-state index contributed by atoms with van der Waals surface area (Å²) in [6.07, 6.45) is 9.61. The zero-order valence-corrected chi connectivity index (χ0v) is 26.7. The fourth-order valence-corrected chi connectivity index (χ4v) is 9.42. The standard InChI is InChI=1S/C41H28N5OP/c47-48(31-13-6-2-7-14-31,32-15-8-3-9-16-32)39-18-10-17-38(44-39)46-36-21-24-42-27-34(36)33-20-19-29-23-26-45(30-11-4-1-5-12-30)41(29)40(33)35-28-43-25-22-37(35)46/h1-28H. The molecule has 1 aliphatic rings. The summed E-state index contributed by atoms with van der Waals surface area (Å²) in [6.45, 7) is 0. The smallest absolute Gasteiger partial charge is 0.188 e. The highest BCUT2D eigenvalue weighted by Gasteiger charge is 2.34. The highest BCUT2D eigenvalue weighted by Crippen LogP contribution is 2.52. The van der Waals surface area contributed by atoms with E-state index in [2.05, 4.69) is 68.1 Å². The van der Waals surface area contributed by atoms with Gasteiger partial charge in [0.05, 0.1) is 16.9 Å². The first-order valence-corrected chi connectivity index (χ1v) is 17.5. The number of anilines is 3. The Morgan fingerprint density at radius 3 is 1.85 bits per heavy atom. The van der Waals surface area contributed by atoms with Crippen LogP contribution in [0.3, 0.4) is 0 Å². The quantitative estimate of drug-likeness (QED) is 0.177. The molecular formula is C41H28N5OP. The molecule has 0 saturated heterocycles. The minimum atomic E-state index is -3.32. The molecule has 0 bridgehead atoms. The molecule has 7 heteroatoms. The van der Waals surface area contributed by atoms with Gasteiger partial charge in [0, 0.05) is 69.4 Å². The Morgan fingerprint density at radius 2 is 1.17 bits per heavy atom. The Bertz CT molecular complexity index is 2450. The summed E-state index contributed by atoms with van der Waals surface area (Å²) in [5, 5.41) is 2.60. The largest absolute Gasteiger partial charge is 0.316 e. The van der Waals surface area contributed by atoms with Crippen molar-refractivity contribution < 1.29 is 4.57 Å². The molecule has 4 aromatic carbocycles. The van der Waals surface area contributed by atoms with Gasteiger partial charge in [-0.2, -0.15) is 0 Å². The number of rotatable bonds is 5. The molecule has 0 fully saturated rings. The Kier molecular flexibility index (Phi) is 6.63. The maximum atomic E-state index is 15.4. The third kappa shape index (κ3) is 4.34. The van der Waals surface area contributed by atoms with Gasteiger partial charge in [-0.15, -0.1) is 0 Å². The topological polar surface area (TPSA) is 63.9 Å². The lowest BCUT2D eigenvalue weighted by Crippen LogP contribution is -2.28. The average Bonchev–Trinajstić information content (AvgIpc) is 3.55. The van der Waals surface area contributed by atoms with Crippen LogP contribution in [0.1, 0.15) is 0 Å². The molecule has 0 saturated carbocycles. The van der Waals surface area contributed by atoms with Crippen LogP contribution < -0.4 is 20.9 Å². The van der Waals surface area contributed by atoms with E-state index >= 15 is 4.57 Å². The molecule has 48 heavy (non-hydrogen) atoms. The van der Waals surface area contributed by atoms with Crippen LogP contribution in [-0.2, 0) is 4.57 Å². The van der Waals surface area contributed by atoms with Gasteiger partial charge in [0.2, 0.25) is 0 Å². The molecule has 0 unspecified atom stereocenters. The zero-order valence-electron chi connectivity index (χ0n) is 25.8. The molecule has 9 rings (SSSR count). The van der Waals surface area contributed by atoms with E-state index in [9.17, 15) is 0 Å². The number of nitrogens with zero attached hydrogens (tertiary/aromatic N) is 5. The number of pyridine rings is 3. The van der Waals surface area contributed by atoms with Gasteiger partial charge >= 0.3 is 0 Å². The SMILES string of the molecule is O=P(c1ccccc1)(c1ccccc1)c1cccc(N2c3ccncc3-c3ccc4ccn(-c5ccccc5)c4c3-c3cnccc32)n1. The van der Waals surface area contributed by atoms with Crippen molar-refractivity contribution in [2.24, 2.45) is 0 Å². The minimum Gasteiger partial charge on any atom is -0.316 e. The normalized spacial score (nSPS) is 12.2. The molecule has 0 amide bonds. The molecule has 0 N–H and O–H groups in total. The van der Waals surface area contributed by atoms with Gasteiger partial charge in [-0.05, 0) is 48.0 Å². The molecule has 228 valence electrons. The third-order valence-corrected chi connectivity index (χ3v) is 12.0. The van der Waals surface area contributed by atoms with Crippen LogP contribution in [0.4, 0.5) is 17.2 Å². The number of hydrogen-bond donors (Lipinski definition) is 0. The molecule has 0 atom stereocenters. The molecule has 0 spiro atoms. The number of benzene rings is 4. The van der Waals surface area contributed by atoms with E-state index in [0.717, 1.165) is 60.8 Å². The highest BCUT2D eigenvalue weighted by atomic mass is 31.2. The van der Waals surface area contributed by atoms with Crippen LogP contribution in [0.25, 0.3) is 38.8 Å². The van der Waals surface area contributed by atoms with Gasteiger partial charge in [-0.1, -0.05) is 97.1 Å². The predicted molar refractivity (Wildman–Crippen MR) is 195 cm³/mol. The number of para-hydroxylation sites is 1. The van der Waals surface area contributed by atoms with Gasteiger partial charge in [0.15, 0.2) is 7.14 Å². The lowest BCUT2D eigenvalue weighted by molar-refractivity contribution is 0.592. The van der Waals surface area contributed by atoms with Crippen molar-refractivity contribution in [3.8, 4) is 27.9 Å². The Morgan fingerprint density at radius 1 is 0.542 bits per heavy atom. The number of hydrogen-bond acceptors (Lipinski definition) is 5. The second kappa shape index (κ2) is 11.3. The first kappa shape index (κ1) is 28.1. The van der Waals surface area contributed by atoms with Crippen LogP contribution in [0, 0.1) is 0 Å². The molecular weight excluding hydrogens is 609 g/mol. The van der Waals surface area contributed by atoms with Crippen LogP contribution >= 0.6 is 7.14 Å². The fourth-order valence-electron chi connectivity index (χ4n) is 6.87. The number of aromatic nitrogens is 4. The monoisotopic (exact) mass is 637 g/mol. The van der Waals surface area contributed by atoms with Gasteiger partial charge < -0.3 is 9.13 Å². The van der Waals surface area contributed by atoms with Crippen molar-refractivity contribution >= 4 is 51.3 Å². The summed E-state index contributed by atoms with van der Waals surface area (Å²) in [5.74, 6) is 0.655. The molecule has 8 aromatic rings. The number of fused-ring (bicyclic) bond motifs is 7. The van der Waals surface area contributed by atoms with E-state index < -0.39 is 7.14 Å². The van der Waals surface area contributed by atoms with E-state index in [1.54, 1.807) is 0 Å². The summed E-state index contributed by atoms with van der Waals surface area (Å²) in [5.41, 5.74) is 8.57. The Labute approximate surface area is 278 Å². The molecule has 0 radical (unpaired) electrons. The molecule has 0 aliphatic carbocycles. The van der Waals surface area contributed by atoms with Crippen molar-refractivity contribution in [3.05, 3.63) is 171 Å². The summed E-state index contributed by atoms with van der Waals surface area (Å²) in [7, 11) is -3.32. The van der Waals surface area contributed by atoms with E-state index in [4.69, 9.17) is 4.98 Å². The maximum absolute atomic E-state index is 15.4. The third-order valence-electron chi connectivity index (χ3n) is 9.04. The van der Waals surface area contributed by atoms with Crippen molar-refractivity contribution in [1.82, 2.24) is 19.5 Å². The van der Waals surface area contributed by atoms with Crippen molar-refractivity contribution in [3.63, 3.8) is 0 Å². The van der Waals surface area contributed by atoms with E-state index in [1.165, 1.54) is 0 Å². The highest BCUT2D eigenvalue weighted by molar-refractivity contribution is 7.85. The zero-order chi connectivity index (χ0) is 32.1. The van der Waals surface area contributed by atoms with Crippen molar-refractivity contribution in [2.45, 2.75) is 0 Å². The molecule has 1 aliphatic heterocycles. The Hall–Kier alpha value is -6.10. The summed E-state index contributed by atoms with van der Waals surface area (Å²) < 4.78 is 17.6. The maximum Gasteiger partial charge on any atom is 0.188 e. The fraction of sp³-hybridized carbons (Fsp3) is 0. The molecule has 6 nitrogen and oxygen atoms in total. The summed E-state index contributed by atoms with van der Waals surface area (Å²) >= 11 is 0. The van der Waals surface area contributed by atoms with Crippen molar-refractivity contribution in [2.75, 3.05) is 4.90 Å². The Balaban J connectivity index is 1.32. The van der Waals surface area contributed by atoms with E-state index in [0.29, 0.717) is 11.3 Å². The first-order chi connectivity index (χ1) is 23.7. The van der Waals surface area contributed by atoms with Crippen LogP contribution in [-0.4, -0.2) is 19.5 Å². The second-order valence-corrected chi connectivity index (χ2v) is 14.4. The van der Waals surface area contributed by atoms with E-state index in [1.807, 2.05) is 122 Å². The summed E-state index contributed by atoms with van der Waals surface area (Å²) in [4.78, 5) is 16.7. The van der Waals surface area contributed by atoms with E-state index in [-0.39, 0.29) is 0 Å². The lowest BCUT2D eigenvalue weighted by atomic mass is 9.94. The second-order valence-electron chi connectivity index (χ2n) is 11.7. The van der Waals surface area contributed by atoms with Crippen LogP contribution in [0.2, 0.25) is 0 Å².